The van der Waals surface area contributed by atoms with Crippen molar-refractivity contribution in [2.75, 3.05) is 49.1 Å². The molecule has 0 N–H and O–H groups in total. The third-order valence-electron chi connectivity index (χ3n) is 11.7. The zero-order valence-corrected chi connectivity index (χ0v) is 29.5. The maximum absolute atomic E-state index is 13.4. The fourth-order valence-electron chi connectivity index (χ4n) is 9.29. The first-order chi connectivity index (χ1) is 24.0. The summed E-state index contributed by atoms with van der Waals surface area (Å²) in [4.78, 5) is 33.2. The van der Waals surface area contributed by atoms with Gasteiger partial charge in [0.1, 0.15) is 19.0 Å². The molecule has 10 heteroatoms. The third-order valence-corrected chi connectivity index (χ3v) is 12.3. The lowest BCUT2D eigenvalue weighted by molar-refractivity contribution is 0.0732. The minimum atomic E-state index is -0.210. The Morgan fingerprint density at radius 2 is 1.63 bits per heavy atom. The maximum Gasteiger partial charge on any atom is 0.410 e. The molecule has 254 valence electrons. The lowest BCUT2D eigenvalue weighted by Crippen LogP contribution is -2.56. The molecule has 6 heterocycles. The SMILES string of the molecule is O=C(OCc1ccccc1)N1C2CCC1CN(c1nc(OCC34CCCN3CCC4)nc3c1CCN(c1cccc4cccc(Br)c14)C3)C2. The van der Waals surface area contributed by atoms with Crippen molar-refractivity contribution in [2.45, 2.75) is 75.7 Å². The van der Waals surface area contributed by atoms with Crippen molar-refractivity contribution >= 4 is 44.3 Å². The van der Waals surface area contributed by atoms with Gasteiger partial charge < -0.3 is 19.3 Å². The topological polar surface area (TPSA) is 74.3 Å². The van der Waals surface area contributed by atoms with Crippen LogP contribution in [-0.2, 0) is 24.3 Å². The number of fused-ring (bicyclic) bond motifs is 5. The molecule has 5 aliphatic rings. The molecule has 4 fully saturated rings. The van der Waals surface area contributed by atoms with Gasteiger partial charge in [-0.05, 0) is 81.1 Å². The molecule has 4 aromatic rings. The van der Waals surface area contributed by atoms with Crippen molar-refractivity contribution in [1.29, 1.82) is 0 Å². The number of anilines is 2. The van der Waals surface area contributed by atoms with Crippen LogP contribution >= 0.6 is 15.9 Å². The normalized spacial score (nSPS) is 22.8. The molecule has 1 aromatic heterocycles. The van der Waals surface area contributed by atoms with Crippen LogP contribution in [0.3, 0.4) is 0 Å². The van der Waals surface area contributed by atoms with Gasteiger partial charge in [-0.15, -0.1) is 0 Å². The van der Waals surface area contributed by atoms with Crippen LogP contribution in [0.5, 0.6) is 6.01 Å². The number of piperazine rings is 1. The monoisotopic (exact) mass is 722 g/mol. The number of carbonyl (C=O) groups excluding carboxylic acids is 1. The summed E-state index contributed by atoms with van der Waals surface area (Å²) in [6.45, 7) is 6.29. The van der Waals surface area contributed by atoms with Crippen molar-refractivity contribution in [3.8, 4) is 6.01 Å². The van der Waals surface area contributed by atoms with Gasteiger partial charge in [-0.2, -0.15) is 9.97 Å². The van der Waals surface area contributed by atoms with Crippen LogP contribution in [0.4, 0.5) is 16.3 Å². The molecule has 5 aliphatic heterocycles. The highest BCUT2D eigenvalue weighted by molar-refractivity contribution is 9.10. The minimum absolute atomic E-state index is 0.0922. The van der Waals surface area contributed by atoms with E-state index in [0.29, 0.717) is 25.8 Å². The average molecular weight is 724 g/mol. The van der Waals surface area contributed by atoms with Crippen LogP contribution in [0.1, 0.15) is 55.3 Å². The summed E-state index contributed by atoms with van der Waals surface area (Å²) in [5.74, 6) is 0.986. The number of aromatic nitrogens is 2. The van der Waals surface area contributed by atoms with E-state index in [2.05, 4.69) is 67.0 Å². The van der Waals surface area contributed by atoms with Crippen molar-refractivity contribution in [1.82, 2.24) is 19.8 Å². The quantitative estimate of drug-likeness (QED) is 0.203. The van der Waals surface area contributed by atoms with E-state index >= 15 is 0 Å². The first kappa shape index (κ1) is 31.1. The summed E-state index contributed by atoms with van der Waals surface area (Å²) in [6.07, 6.45) is 7.41. The molecule has 9 nitrogen and oxygen atoms in total. The molecule has 4 saturated heterocycles. The van der Waals surface area contributed by atoms with E-state index in [4.69, 9.17) is 19.4 Å². The smallest absolute Gasteiger partial charge is 0.410 e. The van der Waals surface area contributed by atoms with Crippen molar-refractivity contribution in [2.24, 2.45) is 0 Å². The van der Waals surface area contributed by atoms with Crippen molar-refractivity contribution < 1.29 is 14.3 Å². The minimum Gasteiger partial charge on any atom is -0.461 e. The lowest BCUT2D eigenvalue weighted by atomic mass is 9.95. The van der Waals surface area contributed by atoms with E-state index in [1.54, 1.807) is 0 Å². The number of hydrogen-bond donors (Lipinski definition) is 0. The number of nitrogens with zero attached hydrogens (tertiary/aromatic N) is 6. The van der Waals surface area contributed by atoms with Crippen LogP contribution in [0.2, 0.25) is 0 Å². The number of amides is 1. The summed E-state index contributed by atoms with van der Waals surface area (Å²) >= 11 is 3.83. The van der Waals surface area contributed by atoms with Gasteiger partial charge in [0.05, 0.1) is 29.9 Å². The second kappa shape index (κ2) is 12.8. The molecule has 2 bridgehead atoms. The number of hydrogen-bond acceptors (Lipinski definition) is 8. The number of rotatable bonds is 7. The number of ether oxygens (including phenoxy) is 2. The Labute approximate surface area is 296 Å². The first-order valence-corrected chi connectivity index (χ1v) is 18.8. The van der Waals surface area contributed by atoms with E-state index in [-0.39, 0.29) is 23.7 Å². The Kier molecular flexibility index (Phi) is 8.11. The molecular formula is C39H43BrN6O3. The molecule has 3 aromatic carbocycles. The number of benzene rings is 3. The van der Waals surface area contributed by atoms with Gasteiger partial charge in [0.25, 0.3) is 0 Å². The Morgan fingerprint density at radius 3 is 2.41 bits per heavy atom. The van der Waals surface area contributed by atoms with Gasteiger partial charge in [0.2, 0.25) is 0 Å². The van der Waals surface area contributed by atoms with Gasteiger partial charge >= 0.3 is 12.1 Å². The van der Waals surface area contributed by atoms with Crippen LogP contribution < -0.4 is 14.5 Å². The Balaban J connectivity index is 1.00. The molecule has 2 atom stereocenters. The van der Waals surface area contributed by atoms with E-state index < -0.39 is 0 Å². The van der Waals surface area contributed by atoms with Crippen LogP contribution in [0, 0.1) is 0 Å². The second-order valence-corrected chi connectivity index (χ2v) is 15.3. The molecule has 0 spiro atoms. The van der Waals surface area contributed by atoms with Crippen molar-refractivity contribution in [3.05, 3.63) is 88.0 Å². The standard InChI is InChI=1S/C39H43BrN6O3/c40-32-12-4-10-28-11-5-13-34(35(28)32)43-21-16-31-33(24-43)41-37(49-26-39-17-6-19-45(39)20-7-18-39)42-36(31)44-22-29-14-15-30(23-44)46(29)38(47)48-25-27-8-2-1-3-9-27/h1-5,8-13,29-30H,6-7,14-26H2. The molecule has 49 heavy (non-hydrogen) atoms. The Hall–Kier alpha value is -3.89. The Morgan fingerprint density at radius 1 is 0.878 bits per heavy atom. The van der Waals surface area contributed by atoms with Gasteiger partial charge in [0.15, 0.2) is 0 Å². The highest BCUT2D eigenvalue weighted by atomic mass is 79.9. The van der Waals surface area contributed by atoms with E-state index in [0.717, 1.165) is 73.5 Å². The highest BCUT2D eigenvalue weighted by Crippen LogP contribution is 2.41. The molecule has 0 saturated carbocycles. The summed E-state index contributed by atoms with van der Waals surface area (Å²) in [5.41, 5.74) is 4.59. The predicted molar refractivity (Wildman–Crippen MR) is 194 cm³/mol. The molecule has 2 unspecified atom stereocenters. The van der Waals surface area contributed by atoms with Crippen LogP contribution in [0.15, 0.2) is 71.2 Å². The Bertz CT molecular complexity index is 1840. The van der Waals surface area contributed by atoms with Gasteiger partial charge in [-0.1, -0.05) is 70.5 Å². The molecule has 1 amide bonds. The van der Waals surface area contributed by atoms with E-state index in [1.165, 1.54) is 47.7 Å². The molecular weight excluding hydrogens is 680 g/mol. The zero-order valence-electron chi connectivity index (χ0n) is 27.9. The van der Waals surface area contributed by atoms with E-state index in [9.17, 15) is 4.79 Å². The third kappa shape index (κ3) is 5.70. The summed E-state index contributed by atoms with van der Waals surface area (Å²) in [7, 11) is 0. The number of halogens is 1. The molecule has 0 aliphatic carbocycles. The van der Waals surface area contributed by atoms with Gasteiger partial charge in [0, 0.05) is 40.7 Å². The molecule has 0 radical (unpaired) electrons. The fourth-order valence-corrected chi connectivity index (χ4v) is 9.87. The average Bonchev–Trinajstić information content (AvgIpc) is 3.80. The second-order valence-electron chi connectivity index (χ2n) is 14.5. The largest absolute Gasteiger partial charge is 0.461 e. The molecule has 9 rings (SSSR count). The van der Waals surface area contributed by atoms with E-state index in [1.807, 2.05) is 35.2 Å². The van der Waals surface area contributed by atoms with Gasteiger partial charge in [-0.3, -0.25) is 9.80 Å². The zero-order chi connectivity index (χ0) is 33.0. The van der Waals surface area contributed by atoms with Gasteiger partial charge in [-0.25, -0.2) is 4.79 Å². The summed E-state index contributed by atoms with van der Waals surface area (Å²) in [6, 6.07) is 23.5. The summed E-state index contributed by atoms with van der Waals surface area (Å²) in [5, 5.41) is 2.45. The number of carbonyl (C=O) groups is 1. The summed E-state index contributed by atoms with van der Waals surface area (Å²) < 4.78 is 13.5. The van der Waals surface area contributed by atoms with Crippen LogP contribution in [-0.4, -0.2) is 82.8 Å². The van der Waals surface area contributed by atoms with Crippen molar-refractivity contribution in [3.63, 3.8) is 0 Å². The lowest BCUT2D eigenvalue weighted by Gasteiger charge is -2.42. The highest BCUT2D eigenvalue weighted by Gasteiger charge is 2.46. The van der Waals surface area contributed by atoms with Crippen LogP contribution in [0.25, 0.3) is 10.8 Å². The fraction of sp³-hybridized carbons (Fsp3) is 0.462. The maximum atomic E-state index is 13.4. The first-order valence-electron chi connectivity index (χ1n) is 18.0. The predicted octanol–water partition coefficient (Wildman–Crippen LogP) is 6.95.